The lowest BCUT2D eigenvalue weighted by atomic mass is 9.84. The zero-order valence-electron chi connectivity index (χ0n) is 15.9. The van der Waals surface area contributed by atoms with Gasteiger partial charge in [-0.1, -0.05) is 18.2 Å². The molecule has 4 rings (SSSR count). The van der Waals surface area contributed by atoms with Crippen molar-refractivity contribution in [2.24, 2.45) is 0 Å². The Morgan fingerprint density at radius 1 is 1.20 bits per heavy atom. The Bertz CT molecular complexity index is 988. The molecule has 0 unspecified atom stereocenters. The number of nitrogens with one attached hydrogen (secondary N) is 2. The Balaban J connectivity index is 1.35. The third kappa shape index (κ3) is 3.59. The summed E-state index contributed by atoms with van der Waals surface area (Å²) in [4.78, 5) is 50.2. The summed E-state index contributed by atoms with van der Waals surface area (Å²) in [5.41, 5.74) is -0.727. The van der Waals surface area contributed by atoms with Crippen LogP contribution < -0.4 is 15.4 Å². The second-order valence-electron chi connectivity index (χ2n) is 6.84. The largest absolute Gasteiger partial charge is 0.493 e. The van der Waals surface area contributed by atoms with Crippen LogP contribution in [0.2, 0.25) is 0 Å². The molecule has 1 spiro atoms. The van der Waals surface area contributed by atoms with Gasteiger partial charge in [0.05, 0.1) is 19.4 Å². The Labute approximate surface area is 171 Å². The summed E-state index contributed by atoms with van der Waals surface area (Å²) >= 11 is 0. The quantitative estimate of drug-likeness (QED) is 0.526. The van der Waals surface area contributed by atoms with Gasteiger partial charge in [0.1, 0.15) is 18.1 Å². The number of fused-ring (bicyclic) bond motifs is 2. The summed E-state index contributed by atoms with van der Waals surface area (Å²) < 4.78 is 15.5. The lowest BCUT2D eigenvalue weighted by Gasteiger charge is -2.33. The Morgan fingerprint density at radius 3 is 2.83 bits per heavy atom. The number of hydrogen-bond donors (Lipinski definition) is 2. The number of urea groups is 1. The van der Waals surface area contributed by atoms with Crippen LogP contribution in [0.5, 0.6) is 5.75 Å². The smallest absolute Gasteiger partial charge is 0.326 e. The van der Waals surface area contributed by atoms with Crippen molar-refractivity contribution in [2.75, 3.05) is 19.8 Å². The van der Waals surface area contributed by atoms with Gasteiger partial charge in [-0.05, 0) is 18.2 Å². The van der Waals surface area contributed by atoms with Crippen LogP contribution in [0.25, 0.3) is 0 Å². The maximum Gasteiger partial charge on any atom is 0.326 e. The van der Waals surface area contributed by atoms with Crippen molar-refractivity contribution in [1.82, 2.24) is 15.5 Å². The van der Waals surface area contributed by atoms with E-state index in [4.69, 9.17) is 13.9 Å². The van der Waals surface area contributed by atoms with Crippen LogP contribution in [-0.2, 0) is 31.2 Å². The van der Waals surface area contributed by atoms with E-state index in [1.54, 1.807) is 36.4 Å². The number of benzene rings is 1. The molecule has 10 heteroatoms. The van der Waals surface area contributed by atoms with Crippen molar-refractivity contribution in [3.63, 3.8) is 0 Å². The molecule has 1 saturated heterocycles. The summed E-state index contributed by atoms with van der Waals surface area (Å²) in [5.74, 6) is -0.899. The molecule has 0 aliphatic carbocycles. The fourth-order valence-electron chi connectivity index (χ4n) is 3.49. The molecule has 1 aromatic carbocycles. The minimum absolute atomic E-state index is 0.153. The highest BCUT2D eigenvalue weighted by atomic mass is 16.5. The van der Waals surface area contributed by atoms with E-state index >= 15 is 0 Å². The molecule has 2 aliphatic rings. The highest BCUT2D eigenvalue weighted by Gasteiger charge is 2.55. The minimum Gasteiger partial charge on any atom is -0.493 e. The number of esters is 1. The third-order valence-corrected chi connectivity index (χ3v) is 4.95. The predicted octanol–water partition coefficient (Wildman–Crippen LogP) is 0.669. The first-order valence-electron chi connectivity index (χ1n) is 9.31. The SMILES string of the molecule is O=C(COC(=O)CN1C(=O)N[C@]2(CCOc3ccccc32)C1=O)NCc1ccco1. The second kappa shape index (κ2) is 7.90. The highest BCUT2D eigenvalue weighted by molar-refractivity contribution is 6.09. The first-order valence-corrected chi connectivity index (χ1v) is 9.31. The number of ether oxygens (including phenoxy) is 2. The number of nitrogens with zero attached hydrogens (tertiary/aromatic N) is 1. The van der Waals surface area contributed by atoms with Gasteiger partial charge in [-0.25, -0.2) is 4.79 Å². The number of carbonyl (C=O) groups excluding carboxylic acids is 4. The third-order valence-electron chi connectivity index (χ3n) is 4.95. The topological polar surface area (TPSA) is 127 Å². The lowest BCUT2D eigenvalue weighted by molar-refractivity contribution is -0.151. The first kappa shape index (κ1) is 19.5. The van der Waals surface area contributed by atoms with Gasteiger partial charge in [-0.3, -0.25) is 19.3 Å². The monoisotopic (exact) mass is 413 g/mol. The fraction of sp³-hybridized carbons (Fsp3) is 0.300. The van der Waals surface area contributed by atoms with Crippen LogP contribution in [0, 0.1) is 0 Å². The molecule has 156 valence electrons. The van der Waals surface area contributed by atoms with E-state index in [1.165, 1.54) is 6.26 Å². The number of carbonyl (C=O) groups is 4. The Morgan fingerprint density at radius 2 is 2.03 bits per heavy atom. The maximum atomic E-state index is 13.1. The molecular formula is C20H19N3O7. The van der Waals surface area contributed by atoms with E-state index < -0.39 is 42.5 Å². The zero-order chi connectivity index (χ0) is 21.1. The van der Waals surface area contributed by atoms with Gasteiger partial charge < -0.3 is 24.5 Å². The molecule has 2 aromatic rings. The van der Waals surface area contributed by atoms with Crippen molar-refractivity contribution < 1.29 is 33.1 Å². The van der Waals surface area contributed by atoms with Crippen molar-refractivity contribution in [3.8, 4) is 5.75 Å². The maximum absolute atomic E-state index is 13.1. The summed E-state index contributed by atoms with van der Waals surface area (Å²) in [6.45, 7) is -0.733. The van der Waals surface area contributed by atoms with Crippen molar-refractivity contribution in [2.45, 2.75) is 18.5 Å². The van der Waals surface area contributed by atoms with Gasteiger partial charge >= 0.3 is 12.0 Å². The molecule has 2 N–H and O–H groups in total. The Hall–Kier alpha value is -3.82. The number of imide groups is 1. The fourth-order valence-corrected chi connectivity index (χ4v) is 3.49. The molecule has 1 fully saturated rings. The van der Waals surface area contributed by atoms with Crippen molar-refractivity contribution in [3.05, 3.63) is 54.0 Å². The number of hydrogen-bond acceptors (Lipinski definition) is 7. The normalized spacial score (nSPS) is 19.8. The number of para-hydroxylation sites is 1. The van der Waals surface area contributed by atoms with Gasteiger partial charge in [0, 0.05) is 12.0 Å². The van der Waals surface area contributed by atoms with Gasteiger partial charge in [0.15, 0.2) is 12.1 Å². The highest BCUT2D eigenvalue weighted by Crippen LogP contribution is 2.40. The van der Waals surface area contributed by atoms with Crippen LogP contribution in [0.4, 0.5) is 4.79 Å². The van der Waals surface area contributed by atoms with Crippen LogP contribution in [-0.4, -0.2) is 48.5 Å². The average molecular weight is 413 g/mol. The van der Waals surface area contributed by atoms with E-state index in [9.17, 15) is 19.2 Å². The molecule has 0 radical (unpaired) electrons. The van der Waals surface area contributed by atoms with E-state index in [1.807, 2.05) is 0 Å². The zero-order valence-corrected chi connectivity index (χ0v) is 15.9. The molecule has 10 nitrogen and oxygen atoms in total. The molecule has 1 aromatic heterocycles. The number of amides is 4. The number of furan rings is 1. The van der Waals surface area contributed by atoms with Crippen molar-refractivity contribution in [1.29, 1.82) is 0 Å². The lowest BCUT2D eigenvalue weighted by Crippen LogP contribution is -2.47. The van der Waals surface area contributed by atoms with Crippen LogP contribution in [0.1, 0.15) is 17.7 Å². The molecule has 1 atom stereocenters. The summed E-state index contributed by atoms with van der Waals surface area (Å²) in [7, 11) is 0. The van der Waals surface area contributed by atoms with E-state index in [-0.39, 0.29) is 19.6 Å². The molecule has 0 bridgehead atoms. The van der Waals surface area contributed by atoms with Gasteiger partial charge in [-0.15, -0.1) is 0 Å². The minimum atomic E-state index is -1.27. The summed E-state index contributed by atoms with van der Waals surface area (Å²) in [6, 6.07) is 9.61. The standard InChI is InChI=1S/C20H19N3O7/c24-16(21-10-13-4-3-8-28-13)12-30-17(25)11-23-18(26)20(22-19(23)27)7-9-29-15-6-2-1-5-14(15)20/h1-6,8H,7,9-12H2,(H,21,24)(H,22,27)/t20-/m0/s1. The van der Waals surface area contributed by atoms with Crippen LogP contribution in [0.3, 0.4) is 0 Å². The Kier molecular flexibility index (Phi) is 5.13. The average Bonchev–Trinajstić information content (AvgIpc) is 3.34. The van der Waals surface area contributed by atoms with E-state index in [2.05, 4.69) is 10.6 Å². The van der Waals surface area contributed by atoms with Crippen LogP contribution >= 0.6 is 0 Å². The van der Waals surface area contributed by atoms with E-state index in [0.29, 0.717) is 17.1 Å². The predicted molar refractivity (Wildman–Crippen MR) is 100.0 cm³/mol. The van der Waals surface area contributed by atoms with Crippen molar-refractivity contribution >= 4 is 23.8 Å². The first-order chi connectivity index (χ1) is 14.5. The molecule has 4 amide bonds. The van der Waals surface area contributed by atoms with E-state index in [0.717, 1.165) is 4.90 Å². The van der Waals surface area contributed by atoms with Crippen LogP contribution in [0.15, 0.2) is 47.1 Å². The molecule has 3 heterocycles. The molecular weight excluding hydrogens is 394 g/mol. The number of rotatable bonds is 6. The van der Waals surface area contributed by atoms with Gasteiger partial charge in [-0.2, -0.15) is 0 Å². The second-order valence-corrected chi connectivity index (χ2v) is 6.84. The van der Waals surface area contributed by atoms with Gasteiger partial charge in [0.2, 0.25) is 0 Å². The van der Waals surface area contributed by atoms with Gasteiger partial charge in [0.25, 0.3) is 11.8 Å². The summed E-state index contributed by atoms with van der Waals surface area (Å²) in [6.07, 6.45) is 1.72. The summed E-state index contributed by atoms with van der Waals surface area (Å²) in [5, 5.41) is 5.22. The molecule has 30 heavy (non-hydrogen) atoms. The molecule has 0 saturated carbocycles. The molecule has 2 aliphatic heterocycles.